The standard InChI is InChI=1S/C12H16O2/c1-3-4-5-12(14)11-8-10(13)7-6-9(11)2/h6-8,13H,3-5H2,1-2H3. The van der Waals surface area contributed by atoms with Gasteiger partial charge < -0.3 is 5.11 Å². The average molecular weight is 192 g/mol. The van der Waals surface area contributed by atoms with E-state index in [-0.39, 0.29) is 11.5 Å². The second-order valence-electron chi connectivity index (χ2n) is 3.53. The zero-order valence-corrected chi connectivity index (χ0v) is 8.71. The molecule has 0 saturated carbocycles. The molecule has 1 rings (SSSR count). The molecule has 2 heteroatoms. The lowest BCUT2D eigenvalue weighted by Gasteiger charge is -2.04. The largest absolute Gasteiger partial charge is 0.508 e. The summed E-state index contributed by atoms with van der Waals surface area (Å²) in [5.74, 6) is 0.288. The molecule has 0 fully saturated rings. The fourth-order valence-electron chi connectivity index (χ4n) is 1.38. The second-order valence-corrected chi connectivity index (χ2v) is 3.53. The molecule has 0 atom stereocenters. The lowest BCUT2D eigenvalue weighted by atomic mass is 10.0. The van der Waals surface area contributed by atoms with E-state index in [1.807, 2.05) is 6.92 Å². The summed E-state index contributed by atoms with van der Waals surface area (Å²) in [7, 11) is 0. The fraction of sp³-hybridized carbons (Fsp3) is 0.417. The number of carbonyl (C=O) groups excluding carboxylic acids is 1. The summed E-state index contributed by atoms with van der Waals surface area (Å²) >= 11 is 0. The van der Waals surface area contributed by atoms with Crippen LogP contribution in [0, 0.1) is 6.92 Å². The van der Waals surface area contributed by atoms with Gasteiger partial charge in [-0.25, -0.2) is 0 Å². The van der Waals surface area contributed by atoms with Crippen LogP contribution < -0.4 is 0 Å². The molecule has 2 nitrogen and oxygen atoms in total. The molecule has 1 N–H and O–H groups in total. The van der Waals surface area contributed by atoms with Crippen LogP contribution in [0.25, 0.3) is 0 Å². The van der Waals surface area contributed by atoms with E-state index in [0.717, 1.165) is 18.4 Å². The number of hydrogen-bond donors (Lipinski definition) is 1. The third-order valence-corrected chi connectivity index (χ3v) is 2.28. The molecule has 0 unspecified atom stereocenters. The third kappa shape index (κ3) is 2.59. The first-order valence-electron chi connectivity index (χ1n) is 4.98. The topological polar surface area (TPSA) is 37.3 Å². The Morgan fingerprint density at radius 3 is 2.79 bits per heavy atom. The summed E-state index contributed by atoms with van der Waals surface area (Å²) in [5.41, 5.74) is 1.59. The molecule has 14 heavy (non-hydrogen) atoms. The number of hydrogen-bond acceptors (Lipinski definition) is 2. The van der Waals surface area contributed by atoms with Gasteiger partial charge in [-0.1, -0.05) is 19.4 Å². The zero-order chi connectivity index (χ0) is 10.6. The number of ketones is 1. The van der Waals surface area contributed by atoms with Gasteiger partial charge in [0, 0.05) is 12.0 Å². The highest BCUT2D eigenvalue weighted by Gasteiger charge is 2.08. The van der Waals surface area contributed by atoms with E-state index in [4.69, 9.17) is 0 Å². The van der Waals surface area contributed by atoms with Crippen molar-refractivity contribution in [2.24, 2.45) is 0 Å². The van der Waals surface area contributed by atoms with Crippen LogP contribution in [0.3, 0.4) is 0 Å². The fourth-order valence-corrected chi connectivity index (χ4v) is 1.38. The van der Waals surface area contributed by atoms with Gasteiger partial charge in [0.1, 0.15) is 5.75 Å². The van der Waals surface area contributed by atoms with E-state index in [0.29, 0.717) is 12.0 Å². The number of benzene rings is 1. The lowest BCUT2D eigenvalue weighted by molar-refractivity contribution is 0.0979. The number of rotatable bonds is 4. The minimum absolute atomic E-state index is 0.125. The Morgan fingerprint density at radius 2 is 2.14 bits per heavy atom. The smallest absolute Gasteiger partial charge is 0.163 e. The van der Waals surface area contributed by atoms with E-state index >= 15 is 0 Å². The monoisotopic (exact) mass is 192 g/mol. The minimum Gasteiger partial charge on any atom is -0.508 e. The van der Waals surface area contributed by atoms with E-state index < -0.39 is 0 Å². The average Bonchev–Trinajstić information content (AvgIpc) is 2.18. The number of phenolic OH excluding ortho intramolecular Hbond substituents is 1. The van der Waals surface area contributed by atoms with Crippen molar-refractivity contribution >= 4 is 5.78 Å². The molecule has 0 heterocycles. The summed E-state index contributed by atoms with van der Waals surface area (Å²) in [6.45, 7) is 3.95. The van der Waals surface area contributed by atoms with Gasteiger partial charge in [-0.2, -0.15) is 0 Å². The van der Waals surface area contributed by atoms with E-state index in [1.54, 1.807) is 18.2 Å². The number of unbranched alkanes of at least 4 members (excludes halogenated alkanes) is 1. The molecule has 0 aliphatic carbocycles. The first-order valence-corrected chi connectivity index (χ1v) is 4.98. The Balaban J connectivity index is 2.83. The number of aryl methyl sites for hydroxylation is 1. The van der Waals surface area contributed by atoms with Crippen LogP contribution >= 0.6 is 0 Å². The van der Waals surface area contributed by atoms with Crippen molar-refractivity contribution in [3.63, 3.8) is 0 Å². The van der Waals surface area contributed by atoms with Gasteiger partial charge in [-0.3, -0.25) is 4.79 Å². The number of aromatic hydroxyl groups is 1. The van der Waals surface area contributed by atoms with Crippen LogP contribution in [-0.2, 0) is 0 Å². The van der Waals surface area contributed by atoms with Gasteiger partial charge in [0.2, 0.25) is 0 Å². The number of Topliss-reactive ketones (excluding diaryl/α,β-unsaturated/α-hetero) is 1. The predicted octanol–water partition coefficient (Wildman–Crippen LogP) is 3.07. The Morgan fingerprint density at radius 1 is 1.43 bits per heavy atom. The van der Waals surface area contributed by atoms with Crippen molar-refractivity contribution in [1.82, 2.24) is 0 Å². The highest BCUT2D eigenvalue weighted by Crippen LogP contribution is 2.18. The second kappa shape index (κ2) is 4.80. The molecule has 0 radical (unpaired) electrons. The van der Waals surface area contributed by atoms with Crippen LogP contribution in [0.15, 0.2) is 18.2 Å². The van der Waals surface area contributed by atoms with Crippen molar-refractivity contribution in [3.8, 4) is 5.75 Å². The van der Waals surface area contributed by atoms with E-state index in [2.05, 4.69) is 6.92 Å². The van der Waals surface area contributed by atoms with Crippen LogP contribution in [0.4, 0.5) is 0 Å². The van der Waals surface area contributed by atoms with Gasteiger partial charge in [-0.15, -0.1) is 0 Å². The van der Waals surface area contributed by atoms with Crippen LogP contribution in [0.1, 0.15) is 42.1 Å². The molecule has 1 aromatic rings. The molecule has 0 aliphatic heterocycles. The van der Waals surface area contributed by atoms with E-state index in [9.17, 15) is 9.90 Å². The van der Waals surface area contributed by atoms with E-state index in [1.165, 1.54) is 0 Å². The summed E-state index contributed by atoms with van der Waals surface area (Å²) in [4.78, 5) is 11.7. The Labute approximate surface area is 84.6 Å². The molecule has 0 amide bonds. The molecule has 1 aromatic carbocycles. The highest BCUT2D eigenvalue weighted by atomic mass is 16.3. The van der Waals surface area contributed by atoms with Gasteiger partial charge in [-0.05, 0) is 31.0 Å². The zero-order valence-electron chi connectivity index (χ0n) is 8.71. The first kappa shape index (κ1) is 10.8. The molecule has 76 valence electrons. The maximum absolute atomic E-state index is 11.7. The maximum atomic E-state index is 11.7. The molecule has 0 saturated heterocycles. The van der Waals surface area contributed by atoms with Crippen molar-refractivity contribution in [2.45, 2.75) is 33.1 Å². The summed E-state index contributed by atoms with van der Waals surface area (Å²) < 4.78 is 0. The Kier molecular flexibility index (Phi) is 3.69. The summed E-state index contributed by atoms with van der Waals surface area (Å²) in [5, 5.41) is 9.26. The Hall–Kier alpha value is -1.31. The normalized spacial score (nSPS) is 10.1. The molecule has 0 aliphatic rings. The van der Waals surface area contributed by atoms with Gasteiger partial charge in [0.25, 0.3) is 0 Å². The lowest BCUT2D eigenvalue weighted by Crippen LogP contribution is -2.01. The van der Waals surface area contributed by atoms with Gasteiger partial charge >= 0.3 is 0 Å². The number of carbonyl (C=O) groups is 1. The van der Waals surface area contributed by atoms with Crippen molar-refractivity contribution in [3.05, 3.63) is 29.3 Å². The van der Waals surface area contributed by atoms with Gasteiger partial charge in [0.05, 0.1) is 0 Å². The first-order chi connectivity index (χ1) is 6.65. The molecule has 0 bridgehead atoms. The SMILES string of the molecule is CCCCC(=O)c1cc(O)ccc1C. The van der Waals surface area contributed by atoms with Crippen LogP contribution in [0.5, 0.6) is 5.75 Å². The highest BCUT2D eigenvalue weighted by molar-refractivity contribution is 5.97. The maximum Gasteiger partial charge on any atom is 0.163 e. The van der Waals surface area contributed by atoms with Crippen molar-refractivity contribution in [2.75, 3.05) is 0 Å². The van der Waals surface area contributed by atoms with Crippen molar-refractivity contribution < 1.29 is 9.90 Å². The molecular formula is C12H16O2. The quantitative estimate of drug-likeness (QED) is 0.744. The predicted molar refractivity (Wildman–Crippen MR) is 56.7 cm³/mol. The molecule has 0 aromatic heterocycles. The Bertz CT molecular complexity index is 329. The van der Waals surface area contributed by atoms with Crippen LogP contribution in [-0.4, -0.2) is 10.9 Å². The molecular weight excluding hydrogens is 176 g/mol. The molecule has 0 spiro atoms. The van der Waals surface area contributed by atoms with Crippen molar-refractivity contribution in [1.29, 1.82) is 0 Å². The number of phenols is 1. The minimum atomic E-state index is 0.125. The summed E-state index contributed by atoms with van der Waals surface area (Å²) in [6.07, 6.45) is 2.50. The third-order valence-electron chi connectivity index (χ3n) is 2.28. The van der Waals surface area contributed by atoms with Crippen LogP contribution in [0.2, 0.25) is 0 Å². The van der Waals surface area contributed by atoms with Gasteiger partial charge in [0.15, 0.2) is 5.78 Å². The summed E-state index contributed by atoms with van der Waals surface area (Å²) in [6, 6.07) is 4.92.